The lowest BCUT2D eigenvalue weighted by Crippen LogP contribution is -2.47. The van der Waals surface area contributed by atoms with Crippen molar-refractivity contribution in [1.82, 2.24) is 10.5 Å². The summed E-state index contributed by atoms with van der Waals surface area (Å²) in [5.41, 5.74) is 1.38. The molecule has 2 atom stereocenters. The topological polar surface area (TPSA) is 116 Å². The normalized spacial score (nSPS) is 14.8. The molecular weight excluding hydrogens is 484 g/mol. The van der Waals surface area contributed by atoms with E-state index in [-0.39, 0.29) is 18.9 Å². The van der Waals surface area contributed by atoms with Crippen molar-refractivity contribution >= 4 is 29.4 Å². The number of rotatable bonds is 9. The highest BCUT2D eigenvalue weighted by Gasteiger charge is 2.31. The largest absolute Gasteiger partial charge is 0.461 e. The molecule has 3 N–H and O–H groups in total. The van der Waals surface area contributed by atoms with Gasteiger partial charge in [0.05, 0.1) is 10.9 Å². The first-order valence-corrected chi connectivity index (χ1v) is 12.2. The number of hydroxylamine groups is 2. The minimum atomic E-state index is -1.08. The Morgan fingerprint density at radius 3 is 2.39 bits per heavy atom. The molecule has 0 spiro atoms. The van der Waals surface area contributed by atoms with E-state index in [1.54, 1.807) is 24.3 Å². The molecule has 3 rings (SSSR count). The lowest BCUT2D eigenvalue weighted by molar-refractivity contribution is -0.285. The Labute approximate surface area is 215 Å². The second-order valence-corrected chi connectivity index (χ2v) is 9.07. The van der Waals surface area contributed by atoms with Crippen molar-refractivity contribution in [3.8, 4) is 11.8 Å². The van der Waals surface area contributed by atoms with E-state index in [0.29, 0.717) is 10.6 Å². The van der Waals surface area contributed by atoms with Crippen LogP contribution in [0.3, 0.4) is 0 Å². The number of carbonyl (C=O) groups is 3. The third-order valence-corrected chi connectivity index (χ3v) is 6.26. The third kappa shape index (κ3) is 8.38. The van der Waals surface area contributed by atoms with Gasteiger partial charge in [-0.05, 0) is 43.4 Å². The number of amides is 2. The molecule has 1 aliphatic carbocycles. The molecule has 2 amide bonds. The van der Waals surface area contributed by atoms with Crippen LogP contribution < -0.4 is 5.32 Å². The maximum Gasteiger partial charge on any atom is 0.329 e. The fourth-order valence-corrected chi connectivity index (χ4v) is 4.15. The van der Waals surface area contributed by atoms with Crippen molar-refractivity contribution in [1.29, 1.82) is 0 Å². The maximum absolute atomic E-state index is 13.2. The summed E-state index contributed by atoms with van der Waals surface area (Å²) in [6, 6.07) is 15.1. The van der Waals surface area contributed by atoms with Crippen molar-refractivity contribution in [2.75, 3.05) is 0 Å². The Morgan fingerprint density at radius 2 is 1.72 bits per heavy atom. The molecule has 0 radical (unpaired) electrons. The predicted molar refractivity (Wildman–Crippen MR) is 132 cm³/mol. The highest BCUT2D eigenvalue weighted by atomic mass is 35.5. The number of hydrogen-bond donors (Lipinski definition) is 3. The van der Waals surface area contributed by atoms with Gasteiger partial charge >= 0.3 is 5.97 Å². The van der Waals surface area contributed by atoms with Gasteiger partial charge in [0.25, 0.3) is 5.91 Å². The summed E-state index contributed by atoms with van der Waals surface area (Å²) >= 11 is 6.12. The van der Waals surface area contributed by atoms with Crippen LogP contribution in [0.1, 0.15) is 49.7 Å². The average molecular weight is 513 g/mol. The highest BCUT2D eigenvalue weighted by Crippen LogP contribution is 2.22. The van der Waals surface area contributed by atoms with Gasteiger partial charge in [-0.25, -0.2) is 4.79 Å². The minimum absolute atomic E-state index is 0.0770. The van der Waals surface area contributed by atoms with Gasteiger partial charge in [-0.15, -0.1) is 0 Å². The summed E-state index contributed by atoms with van der Waals surface area (Å²) in [7, 11) is 0. The Kier molecular flexibility index (Phi) is 10.3. The van der Waals surface area contributed by atoms with Crippen LogP contribution >= 0.6 is 11.6 Å². The van der Waals surface area contributed by atoms with Crippen molar-refractivity contribution in [2.24, 2.45) is 5.92 Å². The number of nitrogens with one attached hydrogen (secondary N) is 1. The van der Waals surface area contributed by atoms with E-state index in [2.05, 4.69) is 17.2 Å². The van der Waals surface area contributed by atoms with Crippen molar-refractivity contribution in [3.63, 3.8) is 0 Å². The molecular formula is C27H29ClN2O6. The molecule has 1 fully saturated rings. The maximum atomic E-state index is 13.2. The zero-order valence-corrected chi connectivity index (χ0v) is 20.5. The number of carbonyl (C=O) groups excluding carboxylic acids is 3. The highest BCUT2D eigenvalue weighted by molar-refractivity contribution is 6.31. The molecule has 1 aliphatic rings. The summed E-state index contributed by atoms with van der Waals surface area (Å²) in [4.78, 5) is 38.2. The quantitative estimate of drug-likeness (QED) is 0.203. The van der Waals surface area contributed by atoms with Gasteiger partial charge in [-0.3, -0.25) is 20.0 Å². The first kappa shape index (κ1) is 27.2. The molecule has 36 heavy (non-hydrogen) atoms. The molecule has 0 heterocycles. The molecule has 190 valence electrons. The molecule has 0 bridgehead atoms. The number of halogens is 1. The minimum Gasteiger partial charge on any atom is -0.461 e. The Hall–Kier alpha value is -3.38. The van der Waals surface area contributed by atoms with Crippen LogP contribution in [0.15, 0.2) is 54.6 Å². The van der Waals surface area contributed by atoms with Crippen LogP contribution in [-0.2, 0) is 25.5 Å². The van der Waals surface area contributed by atoms with Crippen molar-refractivity contribution < 1.29 is 29.5 Å². The zero-order valence-electron chi connectivity index (χ0n) is 19.7. The first-order chi connectivity index (χ1) is 17.3. The van der Waals surface area contributed by atoms with E-state index < -0.39 is 41.4 Å². The van der Waals surface area contributed by atoms with E-state index in [1.165, 1.54) is 0 Å². The van der Waals surface area contributed by atoms with Gasteiger partial charge in [-0.1, -0.05) is 71.1 Å². The number of nitrogens with zero attached hydrogens (tertiary/aromatic N) is 1. The summed E-state index contributed by atoms with van der Waals surface area (Å²) < 4.78 is 5.65. The number of hydrogen-bond acceptors (Lipinski definition) is 6. The van der Waals surface area contributed by atoms with Gasteiger partial charge < -0.3 is 10.1 Å². The van der Waals surface area contributed by atoms with E-state index in [4.69, 9.17) is 26.8 Å². The molecule has 0 aromatic heterocycles. The van der Waals surface area contributed by atoms with Gasteiger partial charge in [0, 0.05) is 24.8 Å². The van der Waals surface area contributed by atoms with Gasteiger partial charge in [-0.2, -0.15) is 0 Å². The Balaban J connectivity index is 1.76. The molecule has 9 heteroatoms. The lowest BCUT2D eigenvalue weighted by Gasteiger charge is -2.23. The number of ether oxygens (including phenoxy) is 1. The average Bonchev–Trinajstić information content (AvgIpc) is 3.37. The van der Waals surface area contributed by atoms with E-state index in [1.807, 2.05) is 30.3 Å². The Bertz CT molecular complexity index is 1110. The van der Waals surface area contributed by atoms with Crippen LogP contribution in [0, 0.1) is 17.8 Å². The molecule has 2 aromatic rings. The van der Waals surface area contributed by atoms with Gasteiger partial charge in [0.15, 0.2) is 0 Å². The second kappa shape index (κ2) is 13.6. The van der Waals surface area contributed by atoms with Crippen molar-refractivity contribution in [2.45, 2.75) is 57.1 Å². The molecule has 0 saturated heterocycles. The second-order valence-electron chi connectivity index (χ2n) is 8.66. The fourth-order valence-electron chi connectivity index (χ4n) is 3.97. The Morgan fingerprint density at radius 1 is 1.06 bits per heavy atom. The summed E-state index contributed by atoms with van der Waals surface area (Å²) in [6.07, 6.45) is 2.98. The SMILES string of the molecule is O=C(N[C@H](Cc1ccccc1)C(=O)OC1CCCC1)C(CC#Cc1ccccc1Cl)CC(=O)N(O)O. The first-order valence-electron chi connectivity index (χ1n) is 11.8. The van der Waals surface area contributed by atoms with E-state index in [9.17, 15) is 14.4 Å². The monoisotopic (exact) mass is 512 g/mol. The van der Waals surface area contributed by atoms with E-state index >= 15 is 0 Å². The third-order valence-electron chi connectivity index (χ3n) is 5.93. The van der Waals surface area contributed by atoms with Crippen LogP contribution in [-0.4, -0.2) is 45.6 Å². The molecule has 1 unspecified atom stereocenters. The van der Waals surface area contributed by atoms with Gasteiger partial charge in [0.2, 0.25) is 5.91 Å². The standard InChI is InChI=1S/C27H29ClN2O6/c28-23-16-7-4-11-20(23)12-8-13-21(18-25(31)30(34)35)26(32)29-24(17-19-9-2-1-3-10-19)27(33)36-22-14-5-6-15-22/h1-4,7,9-11,16,21-22,24,34-35H,5-6,13-15,17-18H2,(H,29,32)/t21?,24-/m1/s1. The lowest BCUT2D eigenvalue weighted by atomic mass is 9.98. The van der Waals surface area contributed by atoms with Crippen LogP contribution in [0.2, 0.25) is 5.02 Å². The number of esters is 1. The predicted octanol–water partition coefficient (Wildman–Crippen LogP) is 3.91. The molecule has 1 saturated carbocycles. The van der Waals surface area contributed by atoms with E-state index in [0.717, 1.165) is 31.2 Å². The number of benzene rings is 2. The summed E-state index contributed by atoms with van der Waals surface area (Å²) in [5.74, 6) is 2.40. The smallest absolute Gasteiger partial charge is 0.329 e. The molecule has 8 nitrogen and oxygen atoms in total. The molecule has 0 aliphatic heterocycles. The van der Waals surface area contributed by atoms with Crippen LogP contribution in [0.5, 0.6) is 0 Å². The zero-order chi connectivity index (χ0) is 25.9. The van der Waals surface area contributed by atoms with Crippen molar-refractivity contribution in [3.05, 3.63) is 70.7 Å². The summed E-state index contributed by atoms with van der Waals surface area (Å²) in [5, 5.41) is 20.8. The summed E-state index contributed by atoms with van der Waals surface area (Å²) in [6.45, 7) is 0. The van der Waals surface area contributed by atoms with Crippen LogP contribution in [0.25, 0.3) is 0 Å². The fraction of sp³-hybridized carbons (Fsp3) is 0.370. The van der Waals surface area contributed by atoms with Crippen LogP contribution in [0.4, 0.5) is 0 Å². The molecule has 2 aromatic carbocycles. The van der Waals surface area contributed by atoms with Gasteiger partial charge in [0.1, 0.15) is 12.1 Å².